The van der Waals surface area contributed by atoms with Crippen LogP contribution in [0, 0.1) is 5.82 Å². The molecule has 14 heavy (non-hydrogen) atoms. The highest BCUT2D eigenvalue weighted by Gasteiger charge is 2.18. The summed E-state index contributed by atoms with van der Waals surface area (Å²) in [6.07, 6.45) is -1.84. The molecule has 0 spiro atoms. The van der Waals surface area contributed by atoms with Crippen LogP contribution in [0.15, 0.2) is 22.7 Å². The largest absolute Gasteiger partial charge is 0.481 e. The molecule has 0 saturated heterocycles. The molecule has 1 aromatic rings. The van der Waals surface area contributed by atoms with Gasteiger partial charge in [0.1, 0.15) is 5.82 Å². The van der Waals surface area contributed by atoms with Crippen molar-refractivity contribution >= 4 is 21.9 Å². The molecule has 0 aliphatic rings. The summed E-state index contributed by atoms with van der Waals surface area (Å²) in [4.78, 5) is 10.3. The summed E-state index contributed by atoms with van der Waals surface area (Å²) >= 11 is 3.04. The predicted molar refractivity (Wildman–Crippen MR) is 51.3 cm³/mol. The summed E-state index contributed by atoms with van der Waals surface area (Å²) in [6.45, 7) is 0. The highest BCUT2D eigenvalue weighted by Crippen LogP contribution is 2.27. The number of halogens is 2. The fraction of sp³-hybridized carbons (Fsp3) is 0.222. The van der Waals surface area contributed by atoms with Crippen LogP contribution >= 0.6 is 15.9 Å². The number of aliphatic carboxylic acids is 1. The topological polar surface area (TPSA) is 57.5 Å². The van der Waals surface area contributed by atoms with Crippen molar-refractivity contribution in [3.05, 3.63) is 34.1 Å². The Bertz CT molecular complexity index is 334. The molecule has 2 N–H and O–H groups in total. The van der Waals surface area contributed by atoms with Crippen LogP contribution in [0.5, 0.6) is 0 Å². The van der Waals surface area contributed by atoms with E-state index in [4.69, 9.17) is 5.11 Å². The number of aliphatic hydroxyl groups is 1. The van der Waals surface area contributed by atoms with Crippen LogP contribution in [-0.2, 0) is 4.79 Å². The molecule has 0 fully saturated rings. The first-order valence-corrected chi connectivity index (χ1v) is 4.65. The first-order valence-electron chi connectivity index (χ1n) is 3.86. The van der Waals surface area contributed by atoms with E-state index in [2.05, 4.69) is 15.9 Å². The zero-order valence-electron chi connectivity index (χ0n) is 7.08. The lowest BCUT2D eigenvalue weighted by Crippen LogP contribution is -2.07. The van der Waals surface area contributed by atoms with Crippen LogP contribution in [0.25, 0.3) is 0 Å². The van der Waals surface area contributed by atoms with E-state index in [-0.39, 0.29) is 5.56 Å². The molecule has 0 radical (unpaired) electrons. The Labute approximate surface area is 88.3 Å². The molecule has 0 amide bonds. The summed E-state index contributed by atoms with van der Waals surface area (Å²) in [5, 5.41) is 17.8. The van der Waals surface area contributed by atoms with E-state index in [9.17, 15) is 14.3 Å². The van der Waals surface area contributed by atoms with Gasteiger partial charge in [-0.15, -0.1) is 0 Å². The van der Waals surface area contributed by atoms with Crippen LogP contribution in [-0.4, -0.2) is 16.2 Å². The van der Waals surface area contributed by atoms with Gasteiger partial charge in [0.15, 0.2) is 0 Å². The van der Waals surface area contributed by atoms with Crippen molar-refractivity contribution < 1.29 is 19.4 Å². The fourth-order valence-corrected chi connectivity index (χ4v) is 1.70. The Balaban J connectivity index is 2.99. The van der Waals surface area contributed by atoms with E-state index in [1.54, 1.807) is 6.07 Å². The molecule has 0 aliphatic heterocycles. The smallest absolute Gasteiger partial charge is 0.306 e. The van der Waals surface area contributed by atoms with Crippen molar-refractivity contribution in [2.75, 3.05) is 0 Å². The van der Waals surface area contributed by atoms with Crippen molar-refractivity contribution in [3.8, 4) is 0 Å². The molecule has 5 heteroatoms. The number of benzene rings is 1. The van der Waals surface area contributed by atoms with Gasteiger partial charge in [-0.25, -0.2) is 4.39 Å². The molecular formula is C9H8BrFO3. The van der Waals surface area contributed by atoms with E-state index < -0.39 is 24.3 Å². The minimum Gasteiger partial charge on any atom is -0.481 e. The minimum atomic E-state index is -1.33. The zero-order valence-corrected chi connectivity index (χ0v) is 8.66. The SMILES string of the molecule is O=C(O)C[C@H](O)c1c(F)cccc1Br. The van der Waals surface area contributed by atoms with Gasteiger partial charge >= 0.3 is 5.97 Å². The summed E-state index contributed by atoms with van der Waals surface area (Å²) in [7, 11) is 0. The van der Waals surface area contributed by atoms with E-state index >= 15 is 0 Å². The maximum Gasteiger partial charge on any atom is 0.306 e. The van der Waals surface area contributed by atoms with Gasteiger partial charge in [0.2, 0.25) is 0 Å². The Kier molecular flexibility index (Phi) is 3.60. The third-order valence-corrected chi connectivity index (χ3v) is 2.39. The molecule has 0 unspecified atom stereocenters. The average molecular weight is 263 g/mol. The minimum absolute atomic E-state index is 0.0186. The Morgan fingerprint density at radius 1 is 1.57 bits per heavy atom. The molecule has 3 nitrogen and oxygen atoms in total. The fourth-order valence-electron chi connectivity index (χ4n) is 1.10. The molecule has 0 heterocycles. The first-order chi connectivity index (χ1) is 6.52. The molecule has 0 bridgehead atoms. The third-order valence-electron chi connectivity index (χ3n) is 1.70. The van der Waals surface area contributed by atoms with E-state index in [1.807, 2.05) is 0 Å². The maximum absolute atomic E-state index is 13.2. The van der Waals surface area contributed by atoms with Gasteiger partial charge in [0.25, 0.3) is 0 Å². The number of carboxylic acids is 1. The Hall–Kier alpha value is -0.940. The molecule has 1 aromatic carbocycles. The van der Waals surface area contributed by atoms with Crippen molar-refractivity contribution in [1.29, 1.82) is 0 Å². The summed E-state index contributed by atoms with van der Waals surface area (Å²) in [5.41, 5.74) is -0.0186. The monoisotopic (exact) mass is 262 g/mol. The second-order valence-corrected chi connectivity index (χ2v) is 3.60. The van der Waals surface area contributed by atoms with E-state index in [0.717, 1.165) is 0 Å². The van der Waals surface area contributed by atoms with Gasteiger partial charge in [-0.3, -0.25) is 4.79 Å². The van der Waals surface area contributed by atoms with Crippen LogP contribution in [0.1, 0.15) is 18.1 Å². The summed E-state index contributed by atoms with van der Waals surface area (Å²) in [6, 6.07) is 4.19. The van der Waals surface area contributed by atoms with E-state index in [0.29, 0.717) is 4.47 Å². The average Bonchev–Trinajstić information content (AvgIpc) is 2.01. The zero-order chi connectivity index (χ0) is 10.7. The lowest BCUT2D eigenvalue weighted by Gasteiger charge is -2.11. The van der Waals surface area contributed by atoms with Gasteiger partial charge in [-0.05, 0) is 12.1 Å². The van der Waals surface area contributed by atoms with Gasteiger partial charge in [0, 0.05) is 10.0 Å². The molecule has 0 saturated carbocycles. The molecule has 0 aromatic heterocycles. The second kappa shape index (κ2) is 4.52. The number of hydrogen-bond donors (Lipinski definition) is 2. The lowest BCUT2D eigenvalue weighted by molar-refractivity contribution is -0.139. The van der Waals surface area contributed by atoms with Gasteiger partial charge in [0.05, 0.1) is 12.5 Å². The highest BCUT2D eigenvalue weighted by molar-refractivity contribution is 9.10. The Morgan fingerprint density at radius 3 is 2.71 bits per heavy atom. The van der Waals surface area contributed by atoms with Crippen molar-refractivity contribution in [2.24, 2.45) is 0 Å². The van der Waals surface area contributed by atoms with Crippen LogP contribution in [0.4, 0.5) is 4.39 Å². The van der Waals surface area contributed by atoms with Crippen molar-refractivity contribution in [2.45, 2.75) is 12.5 Å². The maximum atomic E-state index is 13.2. The normalized spacial score (nSPS) is 12.5. The van der Waals surface area contributed by atoms with Gasteiger partial charge in [-0.1, -0.05) is 22.0 Å². The number of carbonyl (C=O) groups is 1. The molecule has 1 atom stereocenters. The number of rotatable bonds is 3. The van der Waals surface area contributed by atoms with Crippen molar-refractivity contribution in [3.63, 3.8) is 0 Å². The highest BCUT2D eigenvalue weighted by atomic mass is 79.9. The number of carboxylic acid groups (broad SMARTS) is 1. The van der Waals surface area contributed by atoms with Gasteiger partial charge in [-0.2, -0.15) is 0 Å². The second-order valence-electron chi connectivity index (χ2n) is 2.75. The van der Waals surface area contributed by atoms with Crippen LogP contribution in [0.3, 0.4) is 0 Å². The quantitative estimate of drug-likeness (QED) is 0.877. The lowest BCUT2D eigenvalue weighted by atomic mass is 10.1. The van der Waals surface area contributed by atoms with Crippen LogP contribution in [0.2, 0.25) is 0 Å². The predicted octanol–water partition coefficient (Wildman–Crippen LogP) is 2.10. The summed E-state index contributed by atoms with van der Waals surface area (Å²) in [5.74, 6) is -1.79. The first kappa shape index (κ1) is 11.1. The molecule has 1 rings (SSSR count). The standard InChI is InChI=1S/C9H8BrFO3/c10-5-2-1-3-6(11)9(5)7(12)4-8(13)14/h1-3,7,12H,4H2,(H,13,14)/t7-/m0/s1. The summed E-state index contributed by atoms with van der Waals surface area (Å²) < 4.78 is 13.5. The van der Waals surface area contributed by atoms with Crippen LogP contribution < -0.4 is 0 Å². The molecule has 76 valence electrons. The Morgan fingerprint density at radius 2 is 2.21 bits per heavy atom. The third kappa shape index (κ3) is 2.52. The van der Waals surface area contributed by atoms with Gasteiger partial charge < -0.3 is 10.2 Å². The number of aliphatic hydroxyl groups excluding tert-OH is 1. The van der Waals surface area contributed by atoms with E-state index in [1.165, 1.54) is 12.1 Å². The number of hydrogen-bond acceptors (Lipinski definition) is 2. The van der Waals surface area contributed by atoms with Crippen molar-refractivity contribution in [1.82, 2.24) is 0 Å². The molecular weight excluding hydrogens is 255 g/mol. The molecule has 0 aliphatic carbocycles.